The van der Waals surface area contributed by atoms with E-state index < -0.39 is 12.0 Å². The van der Waals surface area contributed by atoms with Gasteiger partial charge in [0.1, 0.15) is 19.2 Å². The van der Waals surface area contributed by atoms with E-state index in [0.29, 0.717) is 29.6 Å². The molecule has 6 heteroatoms. The summed E-state index contributed by atoms with van der Waals surface area (Å²) >= 11 is 12.1. The van der Waals surface area contributed by atoms with Crippen molar-refractivity contribution in [3.05, 3.63) is 33.8 Å². The van der Waals surface area contributed by atoms with E-state index in [4.69, 9.17) is 23.2 Å². The number of alkyl halides is 2. The molecular formula is C18H24Cl2F2NO+. The molecule has 0 radical (unpaired) electrons. The Kier molecular flexibility index (Phi) is 4.89. The van der Waals surface area contributed by atoms with Crippen molar-refractivity contribution < 1.29 is 18.4 Å². The van der Waals surface area contributed by atoms with Crippen LogP contribution in [0.3, 0.4) is 0 Å². The maximum atomic E-state index is 13.8. The van der Waals surface area contributed by atoms with Crippen LogP contribution in [0.4, 0.5) is 8.78 Å². The molecule has 24 heavy (non-hydrogen) atoms. The van der Waals surface area contributed by atoms with Gasteiger partial charge in [0.05, 0.1) is 23.6 Å². The van der Waals surface area contributed by atoms with E-state index in [2.05, 4.69) is 0 Å². The second-order valence-corrected chi connectivity index (χ2v) is 8.61. The van der Waals surface area contributed by atoms with Crippen molar-refractivity contribution in [2.45, 2.75) is 49.5 Å². The Labute approximate surface area is 152 Å². The molecule has 1 aromatic rings. The first-order valence-electron chi connectivity index (χ1n) is 8.51. The molecule has 1 heterocycles. The van der Waals surface area contributed by atoms with Crippen LogP contribution in [0, 0.1) is 0 Å². The number of hydrogen-bond donors (Lipinski definition) is 1. The Balaban J connectivity index is 1.81. The van der Waals surface area contributed by atoms with Crippen LogP contribution in [0.2, 0.25) is 10.0 Å². The van der Waals surface area contributed by atoms with E-state index in [-0.39, 0.29) is 22.9 Å². The molecule has 2 unspecified atom stereocenters. The summed E-state index contributed by atoms with van der Waals surface area (Å²) in [5.41, 5.74) is 0.577. The summed E-state index contributed by atoms with van der Waals surface area (Å²) < 4.78 is 27.9. The van der Waals surface area contributed by atoms with Gasteiger partial charge in [-0.2, -0.15) is 0 Å². The van der Waals surface area contributed by atoms with Gasteiger partial charge >= 0.3 is 0 Å². The first-order valence-corrected chi connectivity index (χ1v) is 9.27. The van der Waals surface area contributed by atoms with Crippen molar-refractivity contribution in [1.29, 1.82) is 0 Å². The second-order valence-electron chi connectivity index (χ2n) is 7.80. The number of likely N-dealkylation sites (N-methyl/N-ethyl adjacent to an activating group) is 1. The number of hydrogen-bond acceptors (Lipinski definition) is 1. The Bertz CT molecular complexity index is 621. The highest BCUT2D eigenvalue weighted by Gasteiger charge is 2.50. The van der Waals surface area contributed by atoms with Crippen LogP contribution in [-0.2, 0) is 5.41 Å². The third kappa shape index (κ3) is 3.44. The third-order valence-electron chi connectivity index (χ3n) is 5.85. The molecular weight excluding hydrogens is 355 g/mol. The van der Waals surface area contributed by atoms with Crippen molar-refractivity contribution in [3.63, 3.8) is 0 Å². The number of piperidine rings is 1. The standard InChI is InChI=1S/C18H24Cl2F2NO/c1-23(9-3-8-18(21,22)12-23)11-16(24)17(6-2-7-17)13-4-5-14(19)15(20)10-13/h4-5,10,16,24H,2-3,6-9,11-12H2,1H3/q+1. The smallest absolute Gasteiger partial charge is 0.295 e. The van der Waals surface area contributed by atoms with Gasteiger partial charge in [-0.15, -0.1) is 0 Å². The van der Waals surface area contributed by atoms with Gasteiger partial charge < -0.3 is 9.59 Å². The van der Waals surface area contributed by atoms with Gasteiger partial charge in [0.2, 0.25) is 0 Å². The van der Waals surface area contributed by atoms with E-state index in [1.807, 2.05) is 19.2 Å². The van der Waals surface area contributed by atoms with Crippen molar-refractivity contribution in [3.8, 4) is 0 Å². The lowest BCUT2D eigenvalue weighted by atomic mass is 9.61. The van der Waals surface area contributed by atoms with E-state index in [1.54, 1.807) is 6.07 Å². The molecule has 2 nitrogen and oxygen atoms in total. The molecule has 1 aliphatic heterocycles. The fourth-order valence-electron chi connectivity index (χ4n) is 4.36. The van der Waals surface area contributed by atoms with Gasteiger partial charge in [-0.25, -0.2) is 8.78 Å². The van der Waals surface area contributed by atoms with Gasteiger partial charge in [-0.05, 0) is 30.5 Å². The highest BCUT2D eigenvalue weighted by atomic mass is 35.5. The molecule has 0 aromatic heterocycles. The number of rotatable bonds is 4. The van der Waals surface area contributed by atoms with Gasteiger partial charge in [-0.1, -0.05) is 35.7 Å². The fraction of sp³-hybridized carbons (Fsp3) is 0.667. The molecule has 1 saturated heterocycles. The summed E-state index contributed by atoms with van der Waals surface area (Å²) in [5, 5.41) is 11.9. The van der Waals surface area contributed by atoms with Gasteiger partial charge in [0.15, 0.2) is 0 Å². The molecule has 1 aliphatic carbocycles. The minimum absolute atomic E-state index is 0.0468. The average molecular weight is 379 g/mol. The molecule has 2 fully saturated rings. The lowest BCUT2D eigenvalue weighted by Gasteiger charge is -2.50. The molecule has 3 rings (SSSR count). The lowest BCUT2D eigenvalue weighted by molar-refractivity contribution is -0.925. The number of quaternary nitrogens is 1. The first kappa shape index (κ1) is 18.4. The molecule has 0 bridgehead atoms. The monoisotopic (exact) mass is 378 g/mol. The Morgan fingerprint density at radius 1 is 1.17 bits per heavy atom. The van der Waals surface area contributed by atoms with Crippen molar-refractivity contribution in [1.82, 2.24) is 0 Å². The van der Waals surface area contributed by atoms with Crippen molar-refractivity contribution in [2.24, 2.45) is 0 Å². The van der Waals surface area contributed by atoms with E-state index in [0.717, 1.165) is 24.8 Å². The Hall–Kier alpha value is -0.420. The van der Waals surface area contributed by atoms with E-state index >= 15 is 0 Å². The molecule has 2 aliphatic rings. The fourth-order valence-corrected chi connectivity index (χ4v) is 4.66. The highest BCUT2D eigenvalue weighted by molar-refractivity contribution is 6.42. The van der Waals surface area contributed by atoms with Crippen molar-refractivity contribution >= 4 is 23.2 Å². The molecule has 1 N–H and O–H groups in total. The van der Waals surface area contributed by atoms with Crippen LogP contribution in [-0.4, -0.2) is 48.3 Å². The number of likely N-dealkylation sites (tertiary alicyclic amines) is 1. The topological polar surface area (TPSA) is 20.2 Å². The minimum atomic E-state index is -2.64. The quantitative estimate of drug-likeness (QED) is 0.755. The van der Waals surface area contributed by atoms with E-state index in [9.17, 15) is 13.9 Å². The van der Waals surface area contributed by atoms with Crippen LogP contribution >= 0.6 is 23.2 Å². The molecule has 1 aromatic carbocycles. The minimum Gasteiger partial charge on any atom is -0.386 e. The first-order chi connectivity index (χ1) is 11.2. The SMILES string of the molecule is C[N+]1(CC(O)C2(c3ccc(Cl)c(Cl)c3)CCC2)CCCC(F)(F)C1. The summed E-state index contributed by atoms with van der Waals surface area (Å²) in [7, 11) is 1.83. The molecule has 0 spiro atoms. The zero-order valence-electron chi connectivity index (χ0n) is 13.9. The number of aliphatic hydroxyl groups excluding tert-OH is 1. The maximum absolute atomic E-state index is 13.8. The number of halogens is 4. The lowest BCUT2D eigenvalue weighted by Crippen LogP contribution is -2.61. The largest absolute Gasteiger partial charge is 0.386 e. The zero-order chi connectivity index (χ0) is 17.6. The number of benzene rings is 1. The molecule has 0 amide bonds. The number of nitrogens with zero attached hydrogens (tertiary/aromatic N) is 1. The Morgan fingerprint density at radius 3 is 2.42 bits per heavy atom. The predicted molar refractivity (Wildman–Crippen MR) is 93.0 cm³/mol. The summed E-state index contributed by atoms with van der Waals surface area (Å²) in [6, 6.07) is 5.47. The highest BCUT2D eigenvalue weighted by Crippen LogP contribution is 2.48. The van der Waals surface area contributed by atoms with Gasteiger partial charge in [-0.3, -0.25) is 0 Å². The van der Waals surface area contributed by atoms with E-state index in [1.165, 1.54) is 0 Å². The Morgan fingerprint density at radius 2 is 1.88 bits per heavy atom. The number of aliphatic hydroxyl groups is 1. The van der Waals surface area contributed by atoms with Crippen LogP contribution < -0.4 is 0 Å². The third-order valence-corrected chi connectivity index (χ3v) is 6.58. The summed E-state index contributed by atoms with van der Waals surface area (Å²) in [4.78, 5) is 0. The summed E-state index contributed by atoms with van der Waals surface area (Å²) in [6.45, 7) is 0.835. The summed E-state index contributed by atoms with van der Waals surface area (Å²) in [6.07, 6.45) is 2.51. The summed E-state index contributed by atoms with van der Waals surface area (Å²) in [5.74, 6) is -2.64. The van der Waals surface area contributed by atoms with Crippen LogP contribution in [0.25, 0.3) is 0 Å². The van der Waals surface area contributed by atoms with Crippen LogP contribution in [0.5, 0.6) is 0 Å². The van der Waals surface area contributed by atoms with Gasteiger partial charge in [0.25, 0.3) is 5.92 Å². The normalized spacial score (nSPS) is 29.8. The second kappa shape index (κ2) is 6.39. The average Bonchev–Trinajstić information content (AvgIpc) is 2.39. The molecule has 134 valence electrons. The molecule has 1 saturated carbocycles. The van der Waals surface area contributed by atoms with Crippen molar-refractivity contribution in [2.75, 3.05) is 26.7 Å². The van der Waals surface area contributed by atoms with Gasteiger partial charge in [0, 0.05) is 18.3 Å². The zero-order valence-corrected chi connectivity index (χ0v) is 15.4. The predicted octanol–water partition coefficient (Wildman–Crippen LogP) is 4.65. The van der Waals surface area contributed by atoms with Crippen LogP contribution in [0.1, 0.15) is 37.7 Å². The van der Waals surface area contributed by atoms with Crippen LogP contribution in [0.15, 0.2) is 18.2 Å². The molecule has 2 atom stereocenters. The maximum Gasteiger partial charge on any atom is 0.295 e.